The number of carbonyl (C=O) groups excluding carboxylic acids is 1. The summed E-state index contributed by atoms with van der Waals surface area (Å²) in [5.41, 5.74) is 1.73. The molecule has 1 saturated carbocycles. The van der Waals surface area contributed by atoms with Crippen molar-refractivity contribution < 1.29 is 4.79 Å². The predicted molar refractivity (Wildman–Crippen MR) is 67.2 cm³/mol. The van der Waals surface area contributed by atoms with Crippen LogP contribution in [0.5, 0.6) is 0 Å². The van der Waals surface area contributed by atoms with Crippen LogP contribution in [0.25, 0.3) is 0 Å². The van der Waals surface area contributed by atoms with Gasteiger partial charge < -0.3 is 10.2 Å². The Bertz CT molecular complexity index is 394. The Kier molecular flexibility index (Phi) is 2.00. The fourth-order valence-electron chi connectivity index (χ4n) is 3.65. The summed E-state index contributed by atoms with van der Waals surface area (Å²) in [7, 11) is 0. The molecule has 0 aromatic rings. The number of nitrogens with one attached hydrogen (secondary N) is 1. The molecular weight excluding hydrogens is 212 g/mol. The third kappa shape index (κ3) is 1.31. The largest absolute Gasteiger partial charge is 0.390 e. The lowest BCUT2D eigenvalue weighted by Gasteiger charge is -2.17. The molecular formula is C14H22N2O. The van der Waals surface area contributed by atoms with E-state index >= 15 is 0 Å². The highest BCUT2D eigenvalue weighted by atomic mass is 16.2. The lowest BCUT2D eigenvalue weighted by molar-refractivity contribution is -0.132. The van der Waals surface area contributed by atoms with Crippen molar-refractivity contribution in [3.8, 4) is 0 Å². The van der Waals surface area contributed by atoms with Gasteiger partial charge in [0.1, 0.15) is 0 Å². The number of fused-ring (bicyclic) bond motifs is 1. The quantitative estimate of drug-likeness (QED) is 0.747. The second-order valence-corrected chi connectivity index (χ2v) is 6.92. The average molecular weight is 234 g/mol. The molecule has 3 nitrogen and oxygen atoms in total. The van der Waals surface area contributed by atoms with Crippen LogP contribution in [0.4, 0.5) is 0 Å². The van der Waals surface area contributed by atoms with Crippen LogP contribution >= 0.6 is 0 Å². The van der Waals surface area contributed by atoms with E-state index in [0.717, 1.165) is 19.6 Å². The molecule has 2 fully saturated rings. The number of likely N-dealkylation sites (tertiary alicyclic amines) is 1. The van der Waals surface area contributed by atoms with E-state index in [1.807, 2.05) is 0 Å². The summed E-state index contributed by atoms with van der Waals surface area (Å²) < 4.78 is 0. The molecule has 17 heavy (non-hydrogen) atoms. The minimum Gasteiger partial charge on any atom is -0.390 e. The van der Waals surface area contributed by atoms with Gasteiger partial charge in [0.25, 0.3) is 0 Å². The minimum absolute atomic E-state index is 0.161. The molecule has 1 N–H and O–H groups in total. The Morgan fingerprint density at radius 1 is 1.35 bits per heavy atom. The Balaban J connectivity index is 1.74. The highest BCUT2D eigenvalue weighted by Crippen LogP contribution is 2.68. The van der Waals surface area contributed by atoms with Crippen LogP contribution in [0.3, 0.4) is 0 Å². The van der Waals surface area contributed by atoms with Gasteiger partial charge in [-0.05, 0) is 22.6 Å². The number of hydrogen-bond acceptors (Lipinski definition) is 2. The van der Waals surface area contributed by atoms with Gasteiger partial charge in [0.05, 0.1) is 0 Å². The van der Waals surface area contributed by atoms with E-state index in [1.54, 1.807) is 0 Å². The third-order valence-electron chi connectivity index (χ3n) is 5.57. The summed E-state index contributed by atoms with van der Waals surface area (Å²) >= 11 is 0. The molecule has 0 aromatic heterocycles. The van der Waals surface area contributed by atoms with Gasteiger partial charge in [0, 0.05) is 31.5 Å². The monoisotopic (exact) mass is 234 g/mol. The van der Waals surface area contributed by atoms with Crippen molar-refractivity contribution in [3.05, 3.63) is 11.8 Å². The van der Waals surface area contributed by atoms with Crippen molar-refractivity contribution in [2.24, 2.45) is 22.7 Å². The zero-order valence-corrected chi connectivity index (χ0v) is 11.2. The zero-order valence-electron chi connectivity index (χ0n) is 11.2. The van der Waals surface area contributed by atoms with E-state index in [9.17, 15) is 4.79 Å². The molecule has 0 bridgehead atoms. The van der Waals surface area contributed by atoms with Gasteiger partial charge in [-0.3, -0.25) is 4.79 Å². The van der Waals surface area contributed by atoms with Crippen LogP contribution in [0.1, 0.15) is 27.7 Å². The molecule has 0 aromatic carbocycles. The van der Waals surface area contributed by atoms with Gasteiger partial charge in [-0.1, -0.05) is 27.7 Å². The molecule has 3 rings (SSSR count). The van der Waals surface area contributed by atoms with Crippen LogP contribution in [0.15, 0.2) is 11.8 Å². The van der Waals surface area contributed by atoms with Crippen molar-refractivity contribution >= 4 is 5.91 Å². The second kappa shape index (κ2) is 3.06. The molecule has 1 unspecified atom stereocenters. The highest BCUT2D eigenvalue weighted by molar-refractivity contribution is 5.85. The SMILES string of the molecule is CC1(C)C(C(=O)N2CC3=CNCC3C2)C1(C)C. The zero-order chi connectivity index (χ0) is 12.4. The average Bonchev–Trinajstić information content (AvgIpc) is 2.64. The van der Waals surface area contributed by atoms with E-state index in [1.165, 1.54) is 5.57 Å². The molecule has 1 aliphatic carbocycles. The molecule has 0 spiro atoms. The first-order valence-electron chi connectivity index (χ1n) is 6.57. The molecule has 94 valence electrons. The Morgan fingerprint density at radius 3 is 2.53 bits per heavy atom. The van der Waals surface area contributed by atoms with E-state index in [0.29, 0.717) is 11.8 Å². The standard InChI is InChI=1S/C14H22N2O/c1-13(2)11(14(13,3)4)12(17)16-7-9-5-15-6-10(9)8-16/h5,10-11,15H,6-8H2,1-4H3. The van der Waals surface area contributed by atoms with Crippen LogP contribution in [-0.2, 0) is 4.79 Å². The number of hydrogen-bond donors (Lipinski definition) is 1. The summed E-state index contributed by atoms with van der Waals surface area (Å²) in [5.74, 6) is 1.15. The van der Waals surface area contributed by atoms with Crippen molar-refractivity contribution in [1.29, 1.82) is 0 Å². The van der Waals surface area contributed by atoms with Gasteiger partial charge in [0.2, 0.25) is 5.91 Å². The Hall–Kier alpha value is -0.990. The molecule has 2 heterocycles. The molecule has 3 heteroatoms. The highest BCUT2D eigenvalue weighted by Gasteiger charge is 2.69. The molecule has 1 saturated heterocycles. The smallest absolute Gasteiger partial charge is 0.227 e. The summed E-state index contributed by atoms with van der Waals surface area (Å²) in [4.78, 5) is 14.6. The molecule has 0 radical (unpaired) electrons. The maximum absolute atomic E-state index is 12.5. The van der Waals surface area contributed by atoms with Gasteiger partial charge in [-0.2, -0.15) is 0 Å². The summed E-state index contributed by atoms with van der Waals surface area (Å²) in [6, 6.07) is 0. The van der Waals surface area contributed by atoms with E-state index in [2.05, 4.69) is 44.1 Å². The number of carbonyl (C=O) groups is 1. The predicted octanol–water partition coefficient (Wildman–Crippen LogP) is 1.61. The van der Waals surface area contributed by atoms with Crippen molar-refractivity contribution in [2.45, 2.75) is 27.7 Å². The normalized spacial score (nSPS) is 33.1. The molecule has 1 amide bonds. The van der Waals surface area contributed by atoms with Gasteiger partial charge in [0.15, 0.2) is 0 Å². The third-order valence-corrected chi connectivity index (χ3v) is 5.57. The topological polar surface area (TPSA) is 32.3 Å². The number of nitrogens with zero attached hydrogens (tertiary/aromatic N) is 1. The lowest BCUT2D eigenvalue weighted by Crippen LogP contribution is -2.33. The molecule has 1 atom stereocenters. The maximum Gasteiger partial charge on any atom is 0.227 e. The van der Waals surface area contributed by atoms with E-state index < -0.39 is 0 Å². The van der Waals surface area contributed by atoms with Crippen molar-refractivity contribution in [3.63, 3.8) is 0 Å². The van der Waals surface area contributed by atoms with Crippen molar-refractivity contribution in [2.75, 3.05) is 19.6 Å². The van der Waals surface area contributed by atoms with Crippen LogP contribution < -0.4 is 5.32 Å². The summed E-state index contributed by atoms with van der Waals surface area (Å²) in [6.45, 7) is 11.6. The molecule has 3 aliphatic rings. The van der Waals surface area contributed by atoms with E-state index in [-0.39, 0.29) is 16.7 Å². The summed E-state index contributed by atoms with van der Waals surface area (Å²) in [5, 5.41) is 3.26. The Labute approximate surface area is 103 Å². The van der Waals surface area contributed by atoms with Crippen LogP contribution in [-0.4, -0.2) is 30.4 Å². The van der Waals surface area contributed by atoms with Gasteiger partial charge in [-0.15, -0.1) is 0 Å². The minimum atomic E-state index is 0.161. The first-order valence-corrected chi connectivity index (χ1v) is 6.57. The first-order chi connectivity index (χ1) is 7.85. The second-order valence-electron chi connectivity index (χ2n) is 6.92. The molecule has 2 aliphatic heterocycles. The Morgan fingerprint density at radius 2 is 2.00 bits per heavy atom. The lowest BCUT2D eigenvalue weighted by atomic mass is 10.0. The van der Waals surface area contributed by atoms with Crippen LogP contribution in [0, 0.1) is 22.7 Å². The van der Waals surface area contributed by atoms with Crippen molar-refractivity contribution in [1.82, 2.24) is 10.2 Å². The van der Waals surface area contributed by atoms with Crippen LogP contribution in [0.2, 0.25) is 0 Å². The fourth-order valence-corrected chi connectivity index (χ4v) is 3.65. The van der Waals surface area contributed by atoms with Gasteiger partial charge in [-0.25, -0.2) is 0 Å². The summed E-state index contributed by atoms with van der Waals surface area (Å²) in [6.07, 6.45) is 2.10. The van der Waals surface area contributed by atoms with Gasteiger partial charge >= 0.3 is 0 Å². The number of amides is 1. The number of rotatable bonds is 1. The fraction of sp³-hybridized carbons (Fsp3) is 0.786. The maximum atomic E-state index is 12.5. The van der Waals surface area contributed by atoms with E-state index in [4.69, 9.17) is 0 Å². The first kappa shape index (κ1) is 11.1.